The lowest BCUT2D eigenvalue weighted by Gasteiger charge is -2.38. The highest BCUT2D eigenvalue weighted by molar-refractivity contribution is 7.09. The predicted molar refractivity (Wildman–Crippen MR) is 64.6 cm³/mol. The molecule has 1 amide bonds. The first-order valence-electron chi connectivity index (χ1n) is 5.21. The molecule has 1 aromatic heterocycles. The van der Waals surface area contributed by atoms with Crippen molar-refractivity contribution >= 4 is 28.6 Å². The zero-order valence-corrected chi connectivity index (χ0v) is 10.1. The van der Waals surface area contributed by atoms with Gasteiger partial charge >= 0.3 is 0 Å². The van der Waals surface area contributed by atoms with Gasteiger partial charge in [-0.15, -0.1) is 11.3 Å². The van der Waals surface area contributed by atoms with E-state index in [0.29, 0.717) is 5.92 Å². The molecule has 4 heteroatoms. The molecule has 0 radical (unpaired) electrons. The molecule has 0 fully saturated rings. The number of carbonyl (C=O) groups excluding carboxylic acids is 1. The number of nitrogens with one attached hydrogen (secondary N) is 1. The van der Waals surface area contributed by atoms with Crippen LogP contribution in [-0.4, -0.2) is 18.5 Å². The Morgan fingerprint density at radius 2 is 2.33 bits per heavy atom. The summed E-state index contributed by atoms with van der Waals surface area (Å²) in [6.45, 7) is 6.79. The number of fused-ring (bicyclic) bond motifs is 1. The number of hydrogen-bond donors (Lipinski definition) is 1. The third-order valence-electron chi connectivity index (χ3n) is 2.84. The molecule has 3 nitrogen and oxygen atoms in total. The monoisotopic (exact) mass is 224 g/mol. The van der Waals surface area contributed by atoms with Gasteiger partial charge in [-0.2, -0.15) is 0 Å². The Balaban J connectivity index is 2.38. The van der Waals surface area contributed by atoms with E-state index in [4.69, 9.17) is 0 Å². The lowest BCUT2D eigenvalue weighted by Crippen LogP contribution is -2.49. The van der Waals surface area contributed by atoms with Gasteiger partial charge in [-0.25, -0.2) is 0 Å². The fourth-order valence-electron chi connectivity index (χ4n) is 2.03. The second-order valence-electron chi connectivity index (χ2n) is 4.25. The number of rotatable bonds is 1. The molecular weight excluding hydrogens is 208 g/mol. The van der Waals surface area contributed by atoms with Crippen molar-refractivity contribution in [2.24, 2.45) is 5.92 Å². The average Bonchev–Trinajstić information content (AvgIpc) is 2.62. The summed E-state index contributed by atoms with van der Waals surface area (Å²) in [4.78, 5) is 13.6. The lowest BCUT2D eigenvalue weighted by atomic mass is 9.99. The summed E-state index contributed by atoms with van der Waals surface area (Å²) < 4.78 is 0. The molecule has 0 spiro atoms. The van der Waals surface area contributed by atoms with E-state index < -0.39 is 0 Å². The number of hydrogen-bond acceptors (Lipinski definition) is 3. The number of anilines is 2. The SMILES string of the molecule is CC(=O)N1c2cscc2NC[C@@H]1C(C)C. The van der Waals surface area contributed by atoms with Crippen LogP contribution in [0.15, 0.2) is 10.8 Å². The van der Waals surface area contributed by atoms with Crippen molar-refractivity contribution < 1.29 is 4.79 Å². The maximum Gasteiger partial charge on any atom is 0.224 e. The molecule has 0 aliphatic carbocycles. The average molecular weight is 224 g/mol. The van der Waals surface area contributed by atoms with E-state index in [2.05, 4.69) is 24.5 Å². The van der Waals surface area contributed by atoms with E-state index in [1.54, 1.807) is 18.3 Å². The van der Waals surface area contributed by atoms with Crippen molar-refractivity contribution in [3.63, 3.8) is 0 Å². The van der Waals surface area contributed by atoms with Gasteiger partial charge in [0.1, 0.15) is 0 Å². The Morgan fingerprint density at radius 3 is 2.93 bits per heavy atom. The highest BCUT2D eigenvalue weighted by Crippen LogP contribution is 2.36. The first-order valence-corrected chi connectivity index (χ1v) is 6.15. The number of nitrogens with zero attached hydrogens (tertiary/aromatic N) is 1. The van der Waals surface area contributed by atoms with Crippen LogP contribution in [0.5, 0.6) is 0 Å². The van der Waals surface area contributed by atoms with Crippen LogP contribution in [0.25, 0.3) is 0 Å². The standard InChI is InChI=1S/C11H16N2OS/c1-7(2)10-4-12-9-5-15-6-11(9)13(10)8(3)14/h5-7,10,12H,4H2,1-3H3/t10-/m1/s1. The predicted octanol–water partition coefficient (Wildman–Crippen LogP) is 2.55. The Bertz CT molecular complexity index is 372. The fraction of sp³-hybridized carbons (Fsp3) is 0.545. The Morgan fingerprint density at radius 1 is 1.60 bits per heavy atom. The molecule has 0 bridgehead atoms. The van der Waals surface area contributed by atoms with Gasteiger partial charge in [0.05, 0.1) is 17.4 Å². The van der Waals surface area contributed by atoms with Gasteiger partial charge < -0.3 is 10.2 Å². The fourth-order valence-corrected chi connectivity index (χ4v) is 2.81. The first kappa shape index (κ1) is 10.5. The third-order valence-corrected chi connectivity index (χ3v) is 3.57. The zero-order chi connectivity index (χ0) is 11.0. The molecule has 1 aliphatic rings. The highest BCUT2D eigenvalue weighted by atomic mass is 32.1. The topological polar surface area (TPSA) is 32.3 Å². The Hall–Kier alpha value is -1.03. The quantitative estimate of drug-likeness (QED) is 0.795. The molecule has 15 heavy (non-hydrogen) atoms. The number of carbonyl (C=O) groups is 1. The van der Waals surface area contributed by atoms with Crippen molar-refractivity contribution in [1.82, 2.24) is 0 Å². The number of amides is 1. The summed E-state index contributed by atoms with van der Waals surface area (Å²) in [5, 5.41) is 7.47. The van der Waals surface area contributed by atoms with Crippen LogP contribution < -0.4 is 10.2 Å². The molecule has 1 N–H and O–H groups in total. The van der Waals surface area contributed by atoms with Crippen molar-refractivity contribution in [1.29, 1.82) is 0 Å². The molecule has 1 aliphatic heterocycles. The Kier molecular flexibility index (Phi) is 2.69. The molecular formula is C11H16N2OS. The zero-order valence-electron chi connectivity index (χ0n) is 9.28. The third kappa shape index (κ3) is 1.74. The maximum atomic E-state index is 11.7. The highest BCUT2D eigenvalue weighted by Gasteiger charge is 2.31. The molecule has 0 saturated heterocycles. The van der Waals surface area contributed by atoms with E-state index in [-0.39, 0.29) is 11.9 Å². The van der Waals surface area contributed by atoms with Crippen molar-refractivity contribution in [3.05, 3.63) is 10.8 Å². The molecule has 0 saturated carbocycles. The molecule has 1 atom stereocenters. The van der Waals surface area contributed by atoms with Crippen LogP contribution >= 0.6 is 11.3 Å². The van der Waals surface area contributed by atoms with E-state index in [1.807, 2.05) is 10.3 Å². The van der Waals surface area contributed by atoms with E-state index >= 15 is 0 Å². The molecule has 82 valence electrons. The first-order chi connectivity index (χ1) is 7.11. The van der Waals surface area contributed by atoms with Crippen LogP contribution in [0.3, 0.4) is 0 Å². The van der Waals surface area contributed by atoms with E-state index in [9.17, 15) is 4.79 Å². The van der Waals surface area contributed by atoms with E-state index in [0.717, 1.165) is 17.9 Å². The summed E-state index contributed by atoms with van der Waals surface area (Å²) in [6, 6.07) is 0.268. The lowest BCUT2D eigenvalue weighted by molar-refractivity contribution is -0.117. The second kappa shape index (κ2) is 3.85. The van der Waals surface area contributed by atoms with Crippen molar-refractivity contribution in [2.75, 3.05) is 16.8 Å². The smallest absolute Gasteiger partial charge is 0.224 e. The summed E-state index contributed by atoms with van der Waals surface area (Å²) in [6.07, 6.45) is 0. The van der Waals surface area contributed by atoms with Gasteiger partial charge in [0, 0.05) is 24.2 Å². The van der Waals surface area contributed by atoms with E-state index in [1.165, 1.54) is 0 Å². The number of thiophene rings is 1. The molecule has 0 aromatic carbocycles. The van der Waals surface area contributed by atoms with Gasteiger partial charge in [0.2, 0.25) is 5.91 Å². The van der Waals surface area contributed by atoms with Crippen molar-refractivity contribution in [2.45, 2.75) is 26.8 Å². The summed E-state index contributed by atoms with van der Waals surface area (Å²) in [5.41, 5.74) is 2.13. The van der Waals surface area contributed by atoms with Crippen molar-refractivity contribution in [3.8, 4) is 0 Å². The van der Waals surface area contributed by atoms with Crippen LogP contribution in [0.1, 0.15) is 20.8 Å². The molecule has 0 unspecified atom stereocenters. The van der Waals surface area contributed by atoms with Crippen LogP contribution in [0.2, 0.25) is 0 Å². The Labute approximate surface area is 94.1 Å². The van der Waals surface area contributed by atoms with Crippen LogP contribution in [0.4, 0.5) is 11.4 Å². The van der Waals surface area contributed by atoms with Crippen LogP contribution in [-0.2, 0) is 4.79 Å². The molecule has 1 aromatic rings. The molecule has 2 heterocycles. The van der Waals surface area contributed by atoms with Gasteiger partial charge in [-0.05, 0) is 5.92 Å². The minimum absolute atomic E-state index is 0.134. The maximum absolute atomic E-state index is 11.7. The normalized spacial score (nSPS) is 20.0. The molecule has 2 rings (SSSR count). The van der Waals surface area contributed by atoms with Crippen LogP contribution in [0, 0.1) is 5.92 Å². The minimum atomic E-state index is 0.134. The van der Waals surface area contributed by atoms with Gasteiger partial charge in [-0.1, -0.05) is 13.8 Å². The minimum Gasteiger partial charge on any atom is -0.381 e. The van der Waals surface area contributed by atoms with Gasteiger partial charge in [0.15, 0.2) is 0 Å². The largest absolute Gasteiger partial charge is 0.381 e. The van der Waals surface area contributed by atoms with Gasteiger partial charge in [-0.3, -0.25) is 4.79 Å². The summed E-state index contributed by atoms with van der Waals surface area (Å²) >= 11 is 1.63. The summed E-state index contributed by atoms with van der Waals surface area (Å²) in [7, 11) is 0. The second-order valence-corrected chi connectivity index (χ2v) is 5.00. The van der Waals surface area contributed by atoms with Gasteiger partial charge in [0.25, 0.3) is 0 Å². The summed E-state index contributed by atoms with van der Waals surface area (Å²) in [5.74, 6) is 0.601.